The SMILES string of the molecule is O=C(CSc1ncnc2c1[nH]c1ccccc12)Nc1ccccc1C(F)(F)F. The fourth-order valence-electron chi connectivity index (χ4n) is 2.89. The number of anilines is 1. The molecule has 9 heteroatoms. The van der Waals surface area contributed by atoms with Gasteiger partial charge in [0.05, 0.1) is 22.5 Å². The molecule has 0 fully saturated rings. The Morgan fingerprint density at radius 2 is 1.82 bits per heavy atom. The van der Waals surface area contributed by atoms with Gasteiger partial charge in [-0.3, -0.25) is 4.79 Å². The van der Waals surface area contributed by atoms with E-state index in [1.54, 1.807) is 0 Å². The van der Waals surface area contributed by atoms with Gasteiger partial charge < -0.3 is 10.3 Å². The Morgan fingerprint density at radius 3 is 2.64 bits per heavy atom. The minimum atomic E-state index is -4.54. The summed E-state index contributed by atoms with van der Waals surface area (Å²) in [5.41, 5.74) is 1.17. The fraction of sp³-hybridized carbons (Fsp3) is 0.105. The summed E-state index contributed by atoms with van der Waals surface area (Å²) in [5, 5.41) is 3.82. The van der Waals surface area contributed by atoms with Gasteiger partial charge in [-0.05, 0) is 18.2 Å². The number of halogens is 3. The molecule has 1 amide bonds. The molecule has 4 aromatic rings. The third-order valence-corrected chi connectivity index (χ3v) is 5.09. The second-order valence-corrected chi connectivity index (χ2v) is 6.92. The number of amides is 1. The summed E-state index contributed by atoms with van der Waals surface area (Å²) in [6.07, 6.45) is -3.14. The van der Waals surface area contributed by atoms with Crippen molar-refractivity contribution in [2.75, 3.05) is 11.1 Å². The number of para-hydroxylation sites is 2. The number of nitrogens with zero attached hydrogens (tertiary/aromatic N) is 2. The Hall–Kier alpha value is -3.07. The number of carbonyl (C=O) groups excluding carboxylic acids is 1. The lowest BCUT2D eigenvalue weighted by atomic mass is 10.1. The van der Waals surface area contributed by atoms with Crippen molar-refractivity contribution in [1.82, 2.24) is 15.0 Å². The molecule has 0 spiro atoms. The van der Waals surface area contributed by atoms with Crippen molar-refractivity contribution in [3.8, 4) is 0 Å². The molecule has 0 saturated carbocycles. The first-order valence-corrected chi connectivity index (χ1v) is 9.22. The lowest BCUT2D eigenvalue weighted by Crippen LogP contribution is -2.18. The highest BCUT2D eigenvalue weighted by Crippen LogP contribution is 2.35. The molecule has 28 heavy (non-hydrogen) atoms. The minimum Gasteiger partial charge on any atom is -0.351 e. The molecule has 0 radical (unpaired) electrons. The molecule has 0 bridgehead atoms. The number of aromatic amines is 1. The quantitative estimate of drug-likeness (QED) is 0.378. The highest BCUT2D eigenvalue weighted by atomic mass is 32.2. The molecule has 0 saturated heterocycles. The zero-order chi connectivity index (χ0) is 19.7. The number of H-pyrrole nitrogens is 1. The van der Waals surface area contributed by atoms with E-state index in [9.17, 15) is 18.0 Å². The van der Waals surface area contributed by atoms with Crippen LogP contribution in [0.4, 0.5) is 18.9 Å². The Morgan fingerprint density at radius 1 is 1.07 bits per heavy atom. The van der Waals surface area contributed by atoms with Gasteiger partial charge in [-0.2, -0.15) is 13.2 Å². The fourth-order valence-corrected chi connectivity index (χ4v) is 3.64. The van der Waals surface area contributed by atoms with Gasteiger partial charge >= 0.3 is 6.18 Å². The van der Waals surface area contributed by atoms with E-state index < -0.39 is 17.6 Å². The second-order valence-electron chi connectivity index (χ2n) is 5.95. The molecule has 0 aliphatic carbocycles. The summed E-state index contributed by atoms with van der Waals surface area (Å²) in [6, 6.07) is 12.5. The van der Waals surface area contributed by atoms with Crippen LogP contribution in [-0.4, -0.2) is 26.6 Å². The van der Waals surface area contributed by atoms with E-state index in [4.69, 9.17) is 0 Å². The van der Waals surface area contributed by atoms with Crippen molar-refractivity contribution in [3.05, 3.63) is 60.4 Å². The number of hydrogen-bond acceptors (Lipinski definition) is 4. The zero-order valence-corrected chi connectivity index (χ0v) is 15.1. The van der Waals surface area contributed by atoms with E-state index in [1.807, 2.05) is 24.3 Å². The third-order valence-electron chi connectivity index (χ3n) is 4.10. The maximum Gasteiger partial charge on any atom is 0.418 e. The van der Waals surface area contributed by atoms with E-state index in [0.29, 0.717) is 10.5 Å². The van der Waals surface area contributed by atoms with E-state index >= 15 is 0 Å². The first-order chi connectivity index (χ1) is 13.4. The summed E-state index contributed by atoms with van der Waals surface area (Å²) < 4.78 is 39.1. The third kappa shape index (κ3) is 3.53. The van der Waals surface area contributed by atoms with Gasteiger partial charge in [-0.1, -0.05) is 42.1 Å². The van der Waals surface area contributed by atoms with Gasteiger partial charge in [0.15, 0.2) is 0 Å². The number of fused-ring (bicyclic) bond motifs is 3. The van der Waals surface area contributed by atoms with Gasteiger partial charge in [0.25, 0.3) is 0 Å². The molecule has 0 atom stereocenters. The Bertz CT molecular complexity index is 1170. The molecule has 4 rings (SSSR count). The summed E-state index contributed by atoms with van der Waals surface area (Å²) in [6.45, 7) is 0. The van der Waals surface area contributed by atoms with Crippen molar-refractivity contribution >= 4 is 45.3 Å². The topological polar surface area (TPSA) is 70.7 Å². The monoisotopic (exact) mass is 402 g/mol. The smallest absolute Gasteiger partial charge is 0.351 e. The van der Waals surface area contributed by atoms with Crippen molar-refractivity contribution < 1.29 is 18.0 Å². The Labute approximate surface area is 161 Å². The van der Waals surface area contributed by atoms with Crippen LogP contribution < -0.4 is 5.32 Å². The number of benzene rings is 2. The van der Waals surface area contributed by atoms with Crippen LogP contribution in [0.2, 0.25) is 0 Å². The van der Waals surface area contributed by atoms with Gasteiger partial charge in [0.1, 0.15) is 16.9 Å². The van der Waals surface area contributed by atoms with E-state index in [0.717, 1.165) is 34.2 Å². The van der Waals surface area contributed by atoms with Crippen molar-refractivity contribution in [1.29, 1.82) is 0 Å². The highest BCUT2D eigenvalue weighted by molar-refractivity contribution is 8.00. The summed E-state index contributed by atoms with van der Waals surface area (Å²) >= 11 is 1.13. The van der Waals surface area contributed by atoms with Crippen LogP contribution in [0.25, 0.3) is 21.9 Å². The van der Waals surface area contributed by atoms with Crippen LogP contribution in [-0.2, 0) is 11.0 Å². The predicted molar refractivity (Wildman–Crippen MR) is 102 cm³/mol. The Balaban J connectivity index is 1.53. The predicted octanol–water partition coefficient (Wildman–Crippen LogP) is 4.86. The standard InChI is InChI=1S/C19H13F3N4OS/c20-19(21,22)12-6-2-4-8-14(12)25-15(27)9-28-18-17-16(23-10-24-18)11-5-1-3-7-13(11)26-17/h1-8,10,26H,9H2,(H,25,27). The average Bonchev–Trinajstić information content (AvgIpc) is 3.05. The molecule has 2 aromatic heterocycles. The van der Waals surface area contributed by atoms with Crippen molar-refractivity contribution in [2.24, 2.45) is 0 Å². The number of rotatable bonds is 4. The molecular formula is C19H13F3N4OS. The van der Waals surface area contributed by atoms with Crippen molar-refractivity contribution in [2.45, 2.75) is 11.2 Å². The number of thioether (sulfide) groups is 1. The van der Waals surface area contributed by atoms with Crippen LogP contribution in [0.15, 0.2) is 59.9 Å². The lowest BCUT2D eigenvalue weighted by molar-refractivity contribution is -0.137. The molecule has 0 aliphatic rings. The zero-order valence-electron chi connectivity index (χ0n) is 14.2. The number of hydrogen-bond donors (Lipinski definition) is 2. The summed E-state index contributed by atoms with van der Waals surface area (Å²) in [4.78, 5) is 23.9. The average molecular weight is 402 g/mol. The molecule has 5 nitrogen and oxygen atoms in total. The number of aromatic nitrogens is 3. The molecule has 2 aromatic carbocycles. The first kappa shape index (κ1) is 18.3. The van der Waals surface area contributed by atoms with Crippen molar-refractivity contribution in [3.63, 3.8) is 0 Å². The first-order valence-electron chi connectivity index (χ1n) is 8.24. The van der Waals surface area contributed by atoms with Crippen LogP contribution in [0, 0.1) is 0 Å². The minimum absolute atomic E-state index is 0.0896. The second kappa shape index (κ2) is 7.16. The summed E-state index contributed by atoms with van der Waals surface area (Å²) in [7, 11) is 0. The summed E-state index contributed by atoms with van der Waals surface area (Å²) in [5.74, 6) is -0.641. The van der Waals surface area contributed by atoms with E-state index in [2.05, 4.69) is 20.3 Å². The normalized spacial score (nSPS) is 11.8. The highest BCUT2D eigenvalue weighted by Gasteiger charge is 2.33. The van der Waals surface area contributed by atoms with Gasteiger partial charge in [0, 0.05) is 10.9 Å². The maximum atomic E-state index is 13.0. The molecule has 2 heterocycles. The number of nitrogens with one attached hydrogen (secondary N) is 2. The van der Waals surface area contributed by atoms with Crippen LogP contribution in [0.5, 0.6) is 0 Å². The van der Waals surface area contributed by atoms with Gasteiger partial charge in [-0.25, -0.2) is 9.97 Å². The van der Waals surface area contributed by atoms with E-state index in [-0.39, 0.29) is 11.4 Å². The van der Waals surface area contributed by atoms with Gasteiger partial charge in [-0.15, -0.1) is 0 Å². The molecule has 142 valence electrons. The van der Waals surface area contributed by atoms with Crippen LogP contribution in [0.3, 0.4) is 0 Å². The molecule has 2 N–H and O–H groups in total. The molecule has 0 aliphatic heterocycles. The number of carbonyl (C=O) groups is 1. The molecule has 0 unspecified atom stereocenters. The van der Waals surface area contributed by atoms with Gasteiger partial charge in [0.2, 0.25) is 5.91 Å². The van der Waals surface area contributed by atoms with Crippen LogP contribution in [0.1, 0.15) is 5.56 Å². The number of alkyl halides is 3. The van der Waals surface area contributed by atoms with E-state index in [1.165, 1.54) is 24.5 Å². The van der Waals surface area contributed by atoms with Crippen LogP contribution >= 0.6 is 11.8 Å². The lowest BCUT2D eigenvalue weighted by Gasteiger charge is -2.13. The largest absolute Gasteiger partial charge is 0.418 e. The molecular weight excluding hydrogens is 389 g/mol. The maximum absolute atomic E-state index is 13.0. The Kier molecular flexibility index (Phi) is 4.68.